The highest BCUT2D eigenvalue weighted by Crippen LogP contribution is 2.39. The third-order valence-electron chi connectivity index (χ3n) is 5.26. The Hall–Kier alpha value is -2.30. The van der Waals surface area contributed by atoms with Gasteiger partial charge in [-0.2, -0.15) is 8.42 Å². The first-order valence-electron chi connectivity index (χ1n) is 10.2. The van der Waals surface area contributed by atoms with Gasteiger partial charge in [0, 0.05) is 43.2 Å². The molecule has 1 aliphatic heterocycles. The van der Waals surface area contributed by atoms with Crippen LogP contribution < -0.4 is 14.6 Å². The Morgan fingerprint density at radius 1 is 1.26 bits per heavy atom. The van der Waals surface area contributed by atoms with Gasteiger partial charge < -0.3 is 19.3 Å². The van der Waals surface area contributed by atoms with Gasteiger partial charge in [-0.1, -0.05) is 0 Å². The van der Waals surface area contributed by atoms with E-state index >= 15 is 0 Å². The second kappa shape index (κ2) is 11.4. The molecule has 0 unspecified atom stereocenters. The number of nitrogens with two attached hydrogens (primary N) is 1. The van der Waals surface area contributed by atoms with Crippen LogP contribution in [-0.4, -0.2) is 81.5 Å². The van der Waals surface area contributed by atoms with Crippen LogP contribution in [0, 0.1) is 5.82 Å². The van der Waals surface area contributed by atoms with E-state index in [2.05, 4.69) is 14.8 Å². The van der Waals surface area contributed by atoms with E-state index < -0.39 is 32.1 Å². The Balaban J connectivity index is 0.000000739. The predicted octanol–water partition coefficient (Wildman–Crippen LogP) is 0.350. The topological polar surface area (TPSA) is 181 Å². The van der Waals surface area contributed by atoms with Crippen molar-refractivity contribution in [2.45, 2.75) is 25.3 Å². The molecule has 5 N–H and O–H groups in total. The molecular formula is C19H29FN4O8S2. The molecule has 1 aliphatic rings. The van der Waals surface area contributed by atoms with Crippen molar-refractivity contribution in [2.75, 3.05) is 39.5 Å². The molecule has 2 heterocycles. The number of carboxylic acid groups (broad SMARTS) is 1. The van der Waals surface area contributed by atoms with Crippen molar-refractivity contribution in [1.82, 2.24) is 14.2 Å². The number of carbonyl (C=O) groups is 1. The van der Waals surface area contributed by atoms with Crippen LogP contribution >= 0.6 is 0 Å². The number of benzene rings is 1. The number of nitrogens with zero attached hydrogens (tertiary/aromatic N) is 2. The van der Waals surface area contributed by atoms with Crippen LogP contribution in [-0.2, 0) is 31.5 Å². The smallest absolute Gasteiger partial charge is 0.330 e. The van der Waals surface area contributed by atoms with Crippen molar-refractivity contribution in [2.24, 2.45) is 5.14 Å². The molecular weight excluding hydrogens is 495 g/mol. The standard InChI is InChI=1S/C19H26FN3O5S.H3NO3S/c1-28-19-16(12-18(24)25)15-11-13(20)3-4-17(15)23(19)14-5-8-22(9-6-14)10-7-21-29(2,26)27;1-5(2,3)4/h3-4,11,14,21H,5-10,12H2,1-2H3,(H,24,25);(H3,1,2,3,4). The number of methoxy groups -OCH3 is 1. The van der Waals surface area contributed by atoms with Crippen molar-refractivity contribution < 1.29 is 40.4 Å². The maximum Gasteiger partial charge on any atom is 0.330 e. The lowest BCUT2D eigenvalue weighted by molar-refractivity contribution is -0.136. The summed E-state index contributed by atoms with van der Waals surface area (Å²) in [6.45, 7) is 2.53. The molecule has 0 atom stereocenters. The number of hydrogen-bond acceptors (Lipinski definition) is 7. The van der Waals surface area contributed by atoms with Crippen molar-refractivity contribution in [3.63, 3.8) is 0 Å². The first-order valence-corrected chi connectivity index (χ1v) is 13.6. The number of rotatable bonds is 8. The molecule has 2 aromatic rings. The summed E-state index contributed by atoms with van der Waals surface area (Å²) in [6, 6.07) is 4.48. The van der Waals surface area contributed by atoms with Crippen LogP contribution in [0.1, 0.15) is 24.4 Å². The maximum atomic E-state index is 13.8. The van der Waals surface area contributed by atoms with Crippen molar-refractivity contribution >= 4 is 37.2 Å². The molecule has 15 heteroatoms. The number of likely N-dealkylation sites (tertiary alicyclic amines) is 1. The van der Waals surface area contributed by atoms with Crippen LogP contribution in [0.25, 0.3) is 10.9 Å². The zero-order valence-corrected chi connectivity index (χ0v) is 20.4. The number of fused-ring (bicyclic) bond motifs is 1. The molecule has 192 valence electrons. The first-order chi connectivity index (χ1) is 15.7. The molecule has 0 aliphatic carbocycles. The summed E-state index contributed by atoms with van der Waals surface area (Å²) in [6.07, 6.45) is 2.48. The van der Waals surface area contributed by atoms with E-state index in [4.69, 9.17) is 17.7 Å². The van der Waals surface area contributed by atoms with E-state index in [1.54, 1.807) is 6.07 Å². The molecule has 12 nitrogen and oxygen atoms in total. The summed E-state index contributed by atoms with van der Waals surface area (Å²) in [7, 11) is -5.87. The number of hydrogen-bond donors (Lipinski definition) is 4. The summed E-state index contributed by atoms with van der Waals surface area (Å²) in [5.74, 6) is -0.956. The van der Waals surface area contributed by atoms with E-state index in [1.165, 1.54) is 19.2 Å². The summed E-state index contributed by atoms with van der Waals surface area (Å²) in [5.41, 5.74) is 1.24. The zero-order chi connectivity index (χ0) is 25.7. The Bertz CT molecular complexity index is 1210. The highest BCUT2D eigenvalue weighted by atomic mass is 32.2. The third kappa shape index (κ3) is 8.48. The van der Waals surface area contributed by atoms with Crippen molar-refractivity contribution in [3.8, 4) is 5.88 Å². The van der Waals surface area contributed by atoms with Crippen molar-refractivity contribution in [3.05, 3.63) is 29.6 Å². The van der Waals surface area contributed by atoms with E-state index in [1.807, 2.05) is 4.57 Å². The largest absolute Gasteiger partial charge is 0.482 e. The molecule has 0 bridgehead atoms. The van der Waals surface area contributed by atoms with Gasteiger partial charge in [0.15, 0.2) is 5.88 Å². The number of aromatic nitrogens is 1. The van der Waals surface area contributed by atoms with Gasteiger partial charge in [-0.3, -0.25) is 9.35 Å². The Morgan fingerprint density at radius 3 is 2.35 bits per heavy atom. The number of piperidine rings is 1. The molecule has 1 fully saturated rings. The minimum Gasteiger partial charge on any atom is -0.482 e. The summed E-state index contributed by atoms with van der Waals surface area (Å²) in [5, 5.41) is 13.7. The van der Waals surface area contributed by atoms with Gasteiger partial charge in [-0.25, -0.2) is 22.7 Å². The molecule has 34 heavy (non-hydrogen) atoms. The second-order valence-corrected chi connectivity index (χ2v) is 10.7. The van der Waals surface area contributed by atoms with E-state index in [9.17, 15) is 22.7 Å². The zero-order valence-electron chi connectivity index (χ0n) is 18.8. The molecule has 1 saturated heterocycles. The lowest BCUT2D eigenvalue weighted by atomic mass is 10.0. The van der Waals surface area contributed by atoms with Crippen LogP contribution in [0.4, 0.5) is 4.39 Å². The number of carboxylic acids is 1. The number of nitrogens with one attached hydrogen (secondary N) is 1. The quantitative estimate of drug-likeness (QED) is 0.354. The van der Waals surface area contributed by atoms with Gasteiger partial charge in [-0.05, 0) is 31.0 Å². The first kappa shape index (κ1) is 27.9. The monoisotopic (exact) mass is 524 g/mol. The molecule has 0 saturated carbocycles. The van der Waals surface area contributed by atoms with Gasteiger partial charge in [0.05, 0.1) is 25.3 Å². The Kier molecular flexibility index (Phi) is 9.38. The summed E-state index contributed by atoms with van der Waals surface area (Å²) < 4.78 is 71.5. The normalized spacial score (nSPS) is 15.7. The lowest BCUT2D eigenvalue weighted by Crippen LogP contribution is -2.39. The van der Waals surface area contributed by atoms with Gasteiger partial charge >= 0.3 is 16.3 Å². The number of halogens is 1. The second-order valence-electron chi connectivity index (χ2n) is 7.84. The van der Waals surface area contributed by atoms with E-state index in [0.717, 1.165) is 37.7 Å². The van der Waals surface area contributed by atoms with Crippen LogP contribution in [0.5, 0.6) is 5.88 Å². The fourth-order valence-corrected chi connectivity index (χ4v) is 4.49. The SMILES string of the molecule is COc1c(CC(=O)O)c2cc(F)ccc2n1C1CCN(CCNS(C)(=O)=O)CC1.NS(=O)(=O)O. The number of ether oxygens (including phenoxy) is 1. The van der Waals surface area contributed by atoms with Gasteiger partial charge in [0.2, 0.25) is 10.0 Å². The average Bonchev–Trinajstić information content (AvgIpc) is 2.98. The van der Waals surface area contributed by atoms with Crippen LogP contribution in [0.15, 0.2) is 18.2 Å². The summed E-state index contributed by atoms with van der Waals surface area (Å²) >= 11 is 0. The molecule has 0 amide bonds. The number of aliphatic carboxylic acids is 1. The lowest BCUT2D eigenvalue weighted by Gasteiger charge is -2.33. The molecule has 3 rings (SSSR count). The fraction of sp³-hybridized carbons (Fsp3) is 0.526. The van der Waals surface area contributed by atoms with E-state index in [-0.39, 0.29) is 12.5 Å². The van der Waals surface area contributed by atoms with Gasteiger partial charge in [-0.15, -0.1) is 0 Å². The maximum absolute atomic E-state index is 13.8. The average molecular weight is 525 g/mol. The van der Waals surface area contributed by atoms with E-state index in [0.29, 0.717) is 29.9 Å². The fourth-order valence-electron chi connectivity index (χ4n) is 4.03. The third-order valence-corrected chi connectivity index (χ3v) is 5.98. The molecule has 0 spiro atoms. The van der Waals surface area contributed by atoms with Crippen LogP contribution in [0.2, 0.25) is 0 Å². The van der Waals surface area contributed by atoms with Gasteiger partial charge in [0.25, 0.3) is 0 Å². The highest BCUT2D eigenvalue weighted by Gasteiger charge is 2.28. The van der Waals surface area contributed by atoms with Gasteiger partial charge in [0.1, 0.15) is 5.82 Å². The minimum absolute atomic E-state index is 0.0829. The Morgan fingerprint density at radius 2 is 1.85 bits per heavy atom. The number of sulfonamides is 1. The molecule has 1 aromatic carbocycles. The predicted molar refractivity (Wildman–Crippen MR) is 123 cm³/mol. The summed E-state index contributed by atoms with van der Waals surface area (Å²) in [4.78, 5) is 13.5. The molecule has 0 radical (unpaired) electrons. The van der Waals surface area contributed by atoms with Crippen LogP contribution in [0.3, 0.4) is 0 Å². The van der Waals surface area contributed by atoms with Crippen molar-refractivity contribution in [1.29, 1.82) is 0 Å². The highest BCUT2D eigenvalue weighted by molar-refractivity contribution is 7.88. The molecule has 1 aromatic heterocycles. The minimum atomic E-state index is -4.17. The Labute approximate surface area is 197 Å².